The molecule has 2 aromatic carbocycles. The first kappa shape index (κ1) is 23.8. The summed E-state index contributed by atoms with van der Waals surface area (Å²) in [6.07, 6.45) is 4.33. The maximum absolute atomic E-state index is 11.7. The number of benzene rings is 2. The van der Waals surface area contributed by atoms with Gasteiger partial charge in [-0.25, -0.2) is 9.97 Å². The fourth-order valence-corrected chi connectivity index (χ4v) is 5.65. The van der Waals surface area contributed by atoms with Crippen LogP contribution in [-0.2, 0) is 10.2 Å². The molecular weight excluding hydrogens is 460 g/mol. The van der Waals surface area contributed by atoms with E-state index in [2.05, 4.69) is 40.5 Å². The molecule has 1 saturated heterocycles. The molecule has 1 aromatic heterocycles. The molecule has 2 heterocycles. The van der Waals surface area contributed by atoms with Gasteiger partial charge in [0.25, 0.3) is 0 Å². The Bertz CT molecular complexity index is 1200. The molecule has 2 aliphatic rings. The average molecular weight is 493 g/mol. The lowest BCUT2D eigenvalue weighted by molar-refractivity contribution is -0.129. The highest BCUT2D eigenvalue weighted by atomic mass is 35.5. The molecule has 184 valence electrons. The van der Waals surface area contributed by atoms with Crippen molar-refractivity contribution in [2.75, 3.05) is 49.5 Å². The van der Waals surface area contributed by atoms with Gasteiger partial charge in [0.15, 0.2) is 0 Å². The van der Waals surface area contributed by atoms with Crippen LogP contribution in [0, 0.1) is 0 Å². The van der Waals surface area contributed by atoms with Gasteiger partial charge in [0.05, 0.1) is 10.9 Å². The van der Waals surface area contributed by atoms with E-state index in [9.17, 15) is 4.79 Å². The number of hydrogen-bond donors (Lipinski definition) is 2. The summed E-state index contributed by atoms with van der Waals surface area (Å²) in [4.78, 5) is 26.3. The zero-order chi connectivity index (χ0) is 24.4. The minimum absolute atomic E-state index is 0.139. The summed E-state index contributed by atoms with van der Waals surface area (Å²) in [5.74, 6) is 1.84. The Hall–Kier alpha value is -2.90. The number of rotatable bonds is 6. The van der Waals surface area contributed by atoms with Gasteiger partial charge in [-0.3, -0.25) is 4.79 Å². The van der Waals surface area contributed by atoms with Crippen LogP contribution < -0.4 is 16.0 Å². The maximum atomic E-state index is 11.7. The first-order chi connectivity index (χ1) is 17.0. The lowest BCUT2D eigenvalue weighted by atomic mass is 9.78. The van der Waals surface area contributed by atoms with E-state index in [-0.39, 0.29) is 11.3 Å². The van der Waals surface area contributed by atoms with Crippen molar-refractivity contribution in [1.29, 1.82) is 0 Å². The minimum Gasteiger partial charge on any atom is -0.368 e. The number of hydrogen-bond acceptors (Lipinski definition) is 6. The monoisotopic (exact) mass is 492 g/mol. The van der Waals surface area contributed by atoms with E-state index in [1.54, 1.807) is 6.92 Å². The number of carbonyl (C=O) groups excluding carboxylic acids is 1. The average Bonchev–Trinajstić information content (AvgIpc) is 3.38. The smallest absolute Gasteiger partial charge is 0.219 e. The molecular formula is C27H33ClN6O. The van der Waals surface area contributed by atoms with Gasteiger partial charge in [-0.15, -0.1) is 0 Å². The number of halogens is 1. The fraction of sp³-hybridized carbons (Fsp3) is 0.444. The highest BCUT2D eigenvalue weighted by Gasteiger charge is 2.40. The Morgan fingerprint density at radius 2 is 1.77 bits per heavy atom. The minimum atomic E-state index is -0.221. The Labute approximate surface area is 211 Å². The third-order valence-corrected chi connectivity index (χ3v) is 7.74. The molecule has 7 nitrogen and oxygen atoms in total. The lowest BCUT2D eigenvalue weighted by Gasteiger charge is -2.35. The number of nitrogens with two attached hydrogens (primary N) is 1. The van der Waals surface area contributed by atoms with Crippen molar-refractivity contribution in [2.45, 2.75) is 38.0 Å². The first-order valence-electron chi connectivity index (χ1n) is 12.5. The molecule has 8 heteroatoms. The second-order valence-electron chi connectivity index (χ2n) is 9.60. The summed E-state index contributed by atoms with van der Waals surface area (Å²) >= 11 is 6.21. The molecule has 1 amide bonds. The highest BCUT2D eigenvalue weighted by Crippen LogP contribution is 2.46. The predicted molar refractivity (Wildman–Crippen MR) is 142 cm³/mol. The fourth-order valence-electron chi connectivity index (χ4n) is 5.52. The molecule has 0 spiro atoms. The number of nitrogens with zero attached hydrogens (tertiary/aromatic N) is 4. The second kappa shape index (κ2) is 9.99. The summed E-state index contributed by atoms with van der Waals surface area (Å²) in [5, 5.41) is 5.18. The van der Waals surface area contributed by atoms with Crippen LogP contribution in [0.1, 0.15) is 44.0 Å². The molecule has 3 aromatic rings. The van der Waals surface area contributed by atoms with Gasteiger partial charge >= 0.3 is 0 Å². The molecule has 0 radical (unpaired) electrons. The second-order valence-corrected chi connectivity index (χ2v) is 10.0. The predicted octanol–water partition coefficient (Wildman–Crippen LogP) is 4.18. The lowest BCUT2D eigenvalue weighted by Crippen LogP contribution is -2.48. The van der Waals surface area contributed by atoms with E-state index in [0.717, 1.165) is 85.1 Å². The van der Waals surface area contributed by atoms with Crippen LogP contribution >= 0.6 is 11.6 Å². The highest BCUT2D eigenvalue weighted by molar-refractivity contribution is 6.30. The molecule has 1 aliphatic heterocycles. The molecule has 35 heavy (non-hydrogen) atoms. The normalized spacial score (nSPS) is 17.7. The van der Waals surface area contributed by atoms with Crippen LogP contribution in [0.5, 0.6) is 0 Å². The van der Waals surface area contributed by atoms with Gasteiger partial charge in [-0.1, -0.05) is 36.6 Å². The third kappa shape index (κ3) is 4.67. The van der Waals surface area contributed by atoms with Crippen LogP contribution in [0.15, 0.2) is 42.5 Å². The summed E-state index contributed by atoms with van der Waals surface area (Å²) in [6, 6.07) is 14.6. The molecule has 0 atom stereocenters. The van der Waals surface area contributed by atoms with Crippen molar-refractivity contribution in [1.82, 2.24) is 14.9 Å². The van der Waals surface area contributed by atoms with Crippen LogP contribution in [-0.4, -0.2) is 60.0 Å². The Balaban J connectivity index is 1.57. The summed E-state index contributed by atoms with van der Waals surface area (Å²) in [7, 11) is 0. The van der Waals surface area contributed by atoms with Gasteiger partial charge in [0, 0.05) is 62.3 Å². The van der Waals surface area contributed by atoms with Gasteiger partial charge in [-0.2, -0.15) is 0 Å². The van der Waals surface area contributed by atoms with Gasteiger partial charge < -0.3 is 20.9 Å². The van der Waals surface area contributed by atoms with Crippen molar-refractivity contribution in [2.24, 2.45) is 5.73 Å². The van der Waals surface area contributed by atoms with Gasteiger partial charge in [0.2, 0.25) is 5.91 Å². The number of fused-ring (bicyclic) bond motifs is 1. The van der Waals surface area contributed by atoms with Crippen molar-refractivity contribution < 1.29 is 4.79 Å². The van der Waals surface area contributed by atoms with E-state index < -0.39 is 0 Å². The summed E-state index contributed by atoms with van der Waals surface area (Å²) in [6.45, 7) is 5.93. The molecule has 0 unspecified atom stereocenters. The summed E-state index contributed by atoms with van der Waals surface area (Å²) < 4.78 is 0. The maximum Gasteiger partial charge on any atom is 0.219 e. The van der Waals surface area contributed by atoms with Crippen molar-refractivity contribution in [3.05, 3.63) is 58.9 Å². The quantitative estimate of drug-likeness (QED) is 0.536. The van der Waals surface area contributed by atoms with E-state index in [0.29, 0.717) is 13.1 Å². The zero-order valence-corrected chi connectivity index (χ0v) is 21.0. The Morgan fingerprint density at radius 1 is 1.06 bits per heavy atom. The van der Waals surface area contributed by atoms with Crippen molar-refractivity contribution in [3.8, 4) is 0 Å². The largest absolute Gasteiger partial charge is 0.368 e. The summed E-state index contributed by atoms with van der Waals surface area (Å²) in [5.41, 5.74) is 8.87. The molecule has 5 rings (SSSR count). The van der Waals surface area contributed by atoms with Crippen molar-refractivity contribution in [3.63, 3.8) is 0 Å². The van der Waals surface area contributed by atoms with Gasteiger partial charge in [-0.05, 0) is 48.7 Å². The van der Waals surface area contributed by atoms with E-state index in [4.69, 9.17) is 27.3 Å². The molecule has 3 N–H and O–H groups in total. The van der Waals surface area contributed by atoms with Crippen LogP contribution in [0.3, 0.4) is 0 Å². The van der Waals surface area contributed by atoms with E-state index >= 15 is 0 Å². The van der Waals surface area contributed by atoms with Crippen molar-refractivity contribution >= 4 is 39.9 Å². The van der Waals surface area contributed by atoms with Crippen LogP contribution in [0.2, 0.25) is 5.02 Å². The third-order valence-electron chi connectivity index (χ3n) is 7.49. The Morgan fingerprint density at radius 3 is 2.43 bits per heavy atom. The van der Waals surface area contributed by atoms with E-state index in [1.165, 1.54) is 5.56 Å². The number of amides is 1. The zero-order valence-electron chi connectivity index (χ0n) is 20.3. The number of anilines is 2. The van der Waals surface area contributed by atoms with Crippen LogP contribution in [0.25, 0.3) is 10.9 Å². The van der Waals surface area contributed by atoms with Crippen LogP contribution in [0.4, 0.5) is 11.5 Å². The molecule has 1 saturated carbocycles. The van der Waals surface area contributed by atoms with Gasteiger partial charge in [0.1, 0.15) is 11.6 Å². The molecule has 0 bridgehead atoms. The number of aromatic nitrogens is 2. The molecule has 2 fully saturated rings. The SMILES string of the molecule is CC(=O)N1CCN(c2ccc3c(NCCN)nc(C4(c5ccc(Cl)cc5)CCCC4)nc3c2)CC1. The van der Waals surface area contributed by atoms with E-state index in [1.807, 2.05) is 17.0 Å². The number of piperazine rings is 1. The number of nitrogens with one attached hydrogen (secondary N) is 1. The Kier molecular flexibility index (Phi) is 6.80. The molecule has 1 aliphatic carbocycles. The topological polar surface area (TPSA) is 87.4 Å². The standard InChI is InChI=1S/C27H33ClN6O/c1-19(35)33-14-16-34(17-15-33)22-8-9-23-24(18-22)31-26(32-25(23)30-13-12-29)27(10-2-3-11-27)20-4-6-21(28)7-5-20/h4-9,18H,2-3,10-17,29H2,1H3,(H,30,31,32). The number of carbonyl (C=O) groups is 1. The first-order valence-corrected chi connectivity index (χ1v) is 12.9.